The number of rotatable bonds is 3. The Morgan fingerprint density at radius 1 is 1.04 bits per heavy atom. The standard InChI is InChI=1S/C20H18ClNO2/c1-12-4-9-19-18(10-12)17(11-13(2)23)14(3)22(19)20(24)15-5-7-16(21)8-6-15/h4-10H,11H2,1-3H3. The maximum Gasteiger partial charge on any atom is 0.262 e. The molecule has 0 amide bonds. The van der Waals surface area contributed by atoms with Crippen LogP contribution in [-0.4, -0.2) is 16.3 Å². The first kappa shape index (κ1) is 16.5. The van der Waals surface area contributed by atoms with Gasteiger partial charge in [0.15, 0.2) is 0 Å². The maximum atomic E-state index is 13.0. The SMILES string of the molecule is CC(=O)Cc1c(C)n(C(=O)c2ccc(Cl)cc2)c2ccc(C)cc12. The third-order valence-electron chi connectivity index (χ3n) is 4.21. The second-order valence-corrected chi connectivity index (χ2v) is 6.55. The fourth-order valence-electron chi connectivity index (χ4n) is 3.05. The molecule has 4 heteroatoms. The highest BCUT2D eigenvalue weighted by Gasteiger charge is 2.20. The number of nitrogens with zero attached hydrogens (tertiary/aromatic N) is 1. The zero-order chi connectivity index (χ0) is 17.4. The van der Waals surface area contributed by atoms with Crippen molar-refractivity contribution >= 4 is 34.2 Å². The lowest BCUT2D eigenvalue weighted by atomic mass is 10.0. The number of Topliss-reactive ketones (excluding diaryl/α,β-unsaturated/α-hetero) is 1. The highest BCUT2D eigenvalue weighted by Crippen LogP contribution is 2.28. The summed E-state index contributed by atoms with van der Waals surface area (Å²) in [6.45, 7) is 5.46. The molecule has 0 radical (unpaired) electrons. The fourth-order valence-corrected chi connectivity index (χ4v) is 3.18. The van der Waals surface area contributed by atoms with Crippen molar-refractivity contribution in [2.24, 2.45) is 0 Å². The molecule has 122 valence electrons. The van der Waals surface area contributed by atoms with Crippen LogP contribution in [0.5, 0.6) is 0 Å². The lowest BCUT2D eigenvalue weighted by molar-refractivity contribution is -0.116. The molecule has 0 spiro atoms. The van der Waals surface area contributed by atoms with Crippen molar-refractivity contribution in [1.29, 1.82) is 0 Å². The number of aromatic nitrogens is 1. The Morgan fingerprint density at radius 3 is 2.33 bits per heavy atom. The molecule has 0 aliphatic heterocycles. The van der Waals surface area contributed by atoms with Gasteiger partial charge in [0, 0.05) is 28.1 Å². The van der Waals surface area contributed by atoms with Crippen molar-refractivity contribution in [3.05, 3.63) is 69.9 Å². The summed E-state index contributed by atoms with van der Waals surface area (Å²) in [6.07, 6.45) is 0.326. The van der Waals surface area contributed by atoms with Crippen LogP contribution in [0.2, 0.25) is 5.02 Å². The molecule has 0 saturated heterocycles. The molecule has 0 atom stereocenters. The molecule has 0 fully saturated rings. The Bertz CT molecular complexity index is 952. The summed E-state index contributed by atoms with van der Waals surface area (Å²) in [5.41, 5.74) is 4.22. The first-order valence-electron chi connectivity index (χ1n) is 7.78. The van der Waals surface area contributed by atoms with E-state index in [1.165, 1.54) is 0 Å². The Hall–Kier alpha value is -2.39. The van der Waals surface area contributed by atoms with Gasteiger partial charge in [-0.1, -0.05) is 23.2 Å². The van der Waals surface area contributed by atoms with Gasteiger partial charge in [-0.25, -0.2) is 0 Å². The van der Waals surface area contributed by atoms with Gasteiger partial charge in [-0.3, -0.25) is 14.2 Å². The van der Waals surface area contributed by atoms with Crippen LogP contribution in [0.3, 0.4) is 0 Å². The van der Waals surface area contributed by atoms with E-state index in [1.54, 1.807) is 35.8 Å². The van der Waals surface area contributed by atoms with Crippen LogP contribution in [0.15, 0.2) is 42.5 Å². The van der Waals surface area contributed by atoms with E-state index in [1.807, 2.05) is 32.0 Å². The molecule has 0 unspecified atom stereocenters. The highest BCUT2D eigenvalue weighted by molar-refractivity contribution is 6.30. The molecule has 0 bridgehead atoms. The zero-order valence-electron chi connectivity index (χ0n) is 13.9. The van der Waals surface area contributed by atoms with Crippen LogP contribution in [0.4, 0.5) is 0 Å². The van der Waals surface area contributed by atoms with E-state index in [4.69, 9.17) is 11.6 Å². The number of halogens is 1. The van der Waals surface area contributed by atoms with Crippen LogP contribution < -0.4 is 0 Å². The lowest BCUT2D eigenvalue weighted by Crippen LogP contribution is -2.14. The van der Waals surface area contributed by atoms with Gasteiger partial charge in [-0.2, -0.15) is 0 Å². The number of ketones is 1. The quantitative estimate of drug-likeness (QED) is 0.692. The van der Waals surface area contributed by atoms with Crippen molar-refractivity contribution in [3.63, 3.8) is 0 Å². The fraction of sp³-hybridized carbons (Fsp3) is 0.200. The summed E-state index contributed by atoms with van der Waals surface area (Å²) in [4.78, 5) is 24.7. The molecule has 24 heavy (non-hydrogen) atoms. The number of carbonyl (C=O) groups is 2. The molecule has 1 heterocycles. The van der Waals surface area contributed by atoms with Gasteiger partial charge in [0.2, 0.25) is 0 Å². The summed E-state index contributed by atoms with van der Waals surface area (Å²) in [5.74, 6) is -0.0366. The summed E-state index contributed by atoms with van der Waals surface area (Å²) < 4.78 is 1.69. The van der Waals surface area contributed by atoms with Crippen LogP contribution >= 0.6 is 11.6 Å². The highest BCUT2D eigenvalue weighted by atomic mass is 35.5. The average Bonchev–Trinajstić information content (AvgIpc) is 2.79. The molecule has 0 saturated carbocycles. The first-order chi connectivity index (χ1) is 11.4. The van der Waals surface area contributed by atoms with Crippen molar-refractivity contribution in [2.75, 3.05) is 0 Å². The van der Waals surface area contributed by atoms with Crippen LogP contribution in [0.25, 0.3) is 10.9 Å². The Labute approximate surface area is 145 Å². The number of aryl methyl sites for hydroxylation is 1. The van der Waals surface area contributed by atoms with Crippen LogP contribution in [0, 0.1) is 13.8 Å². The van der Waals surface area contributed by atoms with Crippen molar-refractivity contribution in [1.82, 2.24) is 4.57 Å². The van der Waals surface area contributed by atoms with Crippen LogP contribution in [-0.2, 0) is 11.2 Å². The Kier molecular flexibility index (Phi) is 4.29. The molecule has 0 aliphatic rings. The minimum atomic E-state index is -0.118. The minimum Gasteiger partial charge on any atom is -0.300 e. The third-order valence-corrected chi connectivity index (χ3v) is 4.46. The monoisotopic (exact) mass is 339 g/mol. The topological polar surface area (TPSA) is 39.1 Å². The number of hydrogen-bond donors (Lipinski definition) is 0. The minimum absolute atomic E-state index is 0.0811. The van der Waals surface area contributed by atoms with E-state index in [9.17, 15) is 9.59 Å². The second kappa shape index (κ2) is 6.25. The van der Waals surface area contributed by atoms with E-state index in [0.717, 1.165) is 27.7 Å². The van der Waals surface area contributed by atoms with Gasteiger partial charge in [0.1, 0.15) is 5.78 Å². The van der Waals surface area contributed by atoms with E-state index in [0.29, 0.717) is 17.0 Å². The van der Waals surface area contributed by atoms with Gasteiger partial charge >= 0.3 is 0 Å². The van der Waals surface area contributed by atoms with Gasteiger partial charge in [0.05, 0.1) is 5.52 Å². The molecule has 2 aromatic carbocycles. The van der Waals surface area contributed by atoms with Gasteiger partial charge < -0.3 is 0 Å². The number of benzene rings is 2. The molecule has 3 nitrogen and oxygen atoms in total. The zero-order valence-corrected chi connectivity index (χ0v) is 14.6. The number of fused-ring (bicyclic) bond motifs is 1. The molecule has 0 N–H and O–H groups in total. The Balaban J connectivity index is 2.24. The largest absolute Gasteiger partial charge is 0.300 e. The maximum absolute atomic E-state index is 13.0. The smallest absolute Gasteiger partial charge is 0.262 e. The molecule has 1 aromatic heterocycles. The molecular weight excluding hydrogens is 322 g/mol. The third kappa shape index (κ3) is 2.87. The van der Waals surface area contributed by atoms with Crippen molar-refractivity contribution in [2.45, 2.75) is 27.2 Å². The molecular formula is C20H18ClNO2. The van der Waals surface area contributed by atoms with Gasteiger partial charge in [-0.15, -0.1) is 0 Å². The summed E-state index contributed by atoms with van der Waals surface area (Å²) >= 11 is 5.91. The normalized spacial score (nSPS) is 11.0. The van der Waals surface area contributed by atoms with Gasteiger partial charge in [0.25, 0.3) is 5.91 Å². The van der Waals surface area contributed by atoms with E-state index in [-0.39, 0.29) is 11.7 Å². The predicted octanol–water partition coefficient (Wildman–Crippen LogP) is 4.73. The van der Waals surface area contributed by atoms with Crippen molar-refractivity contribution in [3.8, 4) is 0 Å². The average molecular weight is 340 g/mol. The molecule has 0 aliphatic carbocycles. The Morgan fingerprint density at radius 2 is 1.71 bits per heavy atom. The first-order valence-corrected chi connectivity index (χ1v) is 8.16. The van der Waals surface area contributed by atoms with Gasteiger partial charge in [-0.05, 0) is 62.7 Å². The molecule has 3 aromatic rings. The van der Waals surface area contributed by atoms with E-state index in [2.05, 4.69) is 0 Å². The summed E-state index contributed by atoms with van der Waals surface area (Å²) in [6, 6.07) is 12.8. The van der Waals surface area contributed by atoms with E-state index >= 15 is 0 Å². The predicted molar refractivity (Wildman–Crippen MR) is 97.0 cm³/mol. The summed E-state index contributed by atoms with van der Waals surface area (Å²) in [5, 5.41) is 1.55. The number of carbonyl (C=O) groups excluding carboxylic acids is 2. The van der Waals surface area contributed by atoms with Crippen molar-refractivity contribution < 1.29 is 9.59 Å². The molecule has 3 rings (SSSR count). The number of hydrogen-bond acceptors (Lipinski definition) is 2. The van der Waals surface area contributed by atoms with Crippen LogP contribution in [0.1, 0.15) is 34.1 Å². The lowest BCUT2D eigenvalue weighted by Gasteiger charge is -2.08. The second-order valence-electron chi connectivity index (χ2n) is 6.11. The summed E-state index contributed by atoms with van der Waals surface area (Å²) in [7, 11) is 0. The van der Waals surface area contributed by atoms with E-state index < -0.39 is 0 Å².